The molecule has 1 unspecified atom stereocenters. The molecule has 21 heavy (non-hydrogen) atoms. The van der Waals surface area contributed by atoms with Crippen LogP contribution in [0, 0.1) is 43.4 Å². The van der Waals surface area contributed by atoms with Gasteiger partial charge in [0, 0.05) is 6.04 Å². The summed E-state index contributed by atoms with van der Waals surface area (Å²) in [6, 6.07) is 7.20. The van der Waals surface area contributed by atoms with Crippen LogP contribution in [-0.2, 0) is 6.42 Å². The van der Waals surface area contributed by atoms with E-state index in [0.29, 0.717) is 6.04 Å². The Hall–Kier alpha value is -0.820. The average molecular weight is 283 g/mol. The lowest BCUT2D eigenvalue weighted by molar-refractivity contribution is -0.0465. The fourth-order valence-electron chi connectivity index (χ4n) is 6.08. The Morgan fingerprint density at radius 1 is 1.00 bits per heavy atom. The van der Waals surface area contributed by atoms with Crippen molar-refractivity contribution >= 4 is 0 Å². The van der Waals surface area contributed by atoms with Gasteiger partial charge in [0.15, 0.2) is 0 Å². The van der Waals surface area contributed by atoms with Crippen molar-refractivity contribution in [2.24, 2.45) is 35.3 Å². The Labute approximate surface area is 129 Å². The van der Waals surface area contributed by atoms with Gasteiger partial charge in [0.1, 0.15) is 0 Å². The number of benzene rings is 1. The third kappa shape index (κ3) is 2.44. The molecule has 1 aromatic carbocycles. The second-order valence-corrected chi connectivity index (χ2v) is 8.31. The first kappa shape index (κ1) is 13.8. The number of hydrogen-bond donors (Lipinski definition) is 1. The molecule has 4 bridgehead atoms. The van der Waals surface area contributed by atoms with E-state index in [2.05, 4.69) is 32.0 Å². The summed E-state index contributed by atoms with van der Waals surface area (Å²) in [5.74, 6) is 4.80. The highest BCUT2D eigenvalue weighted by Crippen LogP contribution is 2.57. The second-order valence-electron chi connectivity index (χ2n) is 8.31. The summed E-state index contributed by atoms with van der Waals surface area (Å²) in [7, 11) is 0. The van der Waals surface area contributed by atoms with E-state index in [-0.39, 0.29) is 0 Å². The van der Waals surface area contributed by atoms with E-state index in [4.69, 9.17) is 5.73 Å². The van der Waals surface area contributed by atoms with Gasteiger partial charge in [-0.1, -0.05) is 23.8 Å². The van der Waals surface area contributed by atoms with Gasteiger partial charge in [0.2, 0.25) is 0 Å². The van der Waals surface area contributed by atoms with Gasteiger partial charge in [-0.15, -0.1) is 0 Å². The Bertz CT molecular complexity index is 505. The minimum absolute atomic E-state index is 0.375. The molecule has 0 aromatic heterocycles. The lowest BCUT2D eigenvalue weighted by Gasteiger charge is -2.56. The molecule has 4 aliphatic rings. The summed E-state index contributed by atoms with van der Waals surface area (Å²) in [5.41, 5.74) is 11.0. The van der Waals surface area contributed by atoms with E-state index < -0.39 is 0 Å². The van der Waals surface area contributed by atoms with Gasteiger partial charge in [-0.3, -0.25) is 0 Å². The van der Waals surface area contributed by atoms with Crippen LogP contribution in [0.25, 0.3) is 0 Å². The van der Waals surface area contributed by atoms with Crippen molar-refractivity contribution in [3.63, 3.8) is 0 Å². The van der Waals surface area contributed by atoms with Gasteiger partial charge >= 0.3 is 0 Å². The van der Waals surface area contributed by atoms with Crippen LogP contribution in [0.1, 0.15) is 48.8 Å². The van der Waals surface area contributed by atoms with Gasteiger partial charge < -0.3 is 5.73 Å². The third-order valence-electron chi connectivity index (χ3n) is 6.75. The van der Waals surface area contributed by atoms with Crippen LogP contribution in [0.2, 0.25) is 0 Å². The maximum absolute atomic E-state index is 6.75. The molecule has 2 N–H and O–H groups in total. The zero-order chi connectivity index (χ0) is 14.6. The predicted octanol–water partition coefficient (Wildman–Crippen LogP) is 4.25. The van der Waals surface area contributed by atoms with Crippen LogP contribution < -0.4 is 5.73 Å². The molecule has 0 aliphatic heterocycles. The smallest absolute Gasteiger partial charge is 0.0113 e. The fraction of sp³-hybridized carbons (Fsp3) is 0.700. The molecule has 0 heterocycles. The van der Waals surface area contributed by atoms with Crippen molar-refractivity contribution in [1.29, 1.82) is 0 Å². The Morgan fingerprint density at radius 2 is 1.62 bits per heavy atom. The molecule has 0 radical (unpaired) electrons. The first-order valence-corrected chi connectivity index (χ1v) is 8.92. The molecule has 1 atom stereocenters. The summed E-state index contributed by atoms with van der Waals surface area (Å²) in [6.45, 7) is 4.43. The van der Waals surface area contributed by atoms with Crippen molar-refractivity contribution in [1.82, 2.24) is 0 Å². The van der Waals surface area contributed by atoms with Gasteiger partial charge in [0.05, 0.1) is 0 Å². The minimum atomic E-state index is 0.375. The van der Waals surface area contributed by atoms with Gasteiger partial charge in [-0.05, 0) is 93.1 Å². The van der Waals surface area contributed by atoms with Crippen LogP contribution in [-0.4, -0.2) is 6.04 Å². The van der Waals surface area contributed by atoms with Crippen molar-refractivity contribution in [3.8, 4) is 0 Å². The van der Waals surface area contributed by atoms with E-state index in [1.54, 1.807) is 0 Å². The molecule has 114 valence electrons. The maximum Gasteiger partial charge on any atom is 0.0113 e. The average Bonchev–Trinajstić information content (AvgIpc) is 2.41. The number of aryl methyl sites for hydroxylation is 2. The zero-order valence-electron chi connectivity index (χ0n) is 13.5. The van der Waals surface area contributed by atoms with E-state index >= 15 is 0 Å². The summed E-state index contributed by atoms with van der Waals surface area (Å²) >= 11 is 0. The van der Waals surface area contributed by atoms with E-state index in [9.17, 15) is 0 Å². The highest BCUT2D eigenvalue weighted by Gasteiger charge is 2.49. The predicted molar refractivity (Wildman–Crippen MR) is 88.1 cm³/mol. The first-order chi connectivity index (χ1) is 10.1. The topological polar surface area (TPSA) is 26.0 Å². The SMILES string of the molecule is Cc1ccc(C)c(CC(N)C2C3CC4CC(C3)CC2C4)c1. The maximum atomic E-state index is 6.75. The molecule has 4 aliphatic carbocycles. The zero-order valence-corrected chi connectivity index (χ0v) is 13.5. The monoisotopic (exact) mass is 283 g/mol. The van der Waals surface area contributed by atoms with Crippen LogP contribution in [0.4, 0.5) is 0 Å². The fourth-order valence-corrected chi connectivity index (χ4v) is 6.08. The Morgan fingerprint density at radius 3 is 2.24 bits per heavy atom. The second kappa shape index (κ2) is 5.12. The third-order valence-corrected chi connectivity index (χ3v) is 6.75. The van der Waals surface area contributed by atoms with Crippen molar-refractivity contribution in [2.45, 2.75) is 58.4 Å². The van der Waals surface area contributed by atoms with Crippen LogP contribution >= 0.6 is 0 Å². The summed E-state index contributed by atoms with van der Waals surface area (Å²) in [6.07, 6.45) is 8.55. The molecule has 0 saturated heterocycles. The Kier molecular flexibility index (Phi) is 3.37. The number of hydrogen-bond acceptors (Lipinski definition) is 1. The molecule has 1 nitrogen and oxygen atoms in total. The molecule has 0 spiro atoms. The van der Waals surface area contributed by atoms with Crippen LogP contribution in [0.3, 0.4) is 0 Å². The molecule has 0 amide bonds. The highest BCUT2D eigenvalue weighted by molar-refractivity contribution is 5.31. The van der Waals surface area contributed by atoms with E-state index in [0.717, 1.165) is 36.0 Å². The molecule has 5 rings (SSSR count). The standard InChI is InChI=1S/C20H29N/c1-12-3-4-13(2)16(5-12)11-19(21)20-17-7-14-6-15(9-17)10-18(20)8-14/h3-5,14-15,17-20H,6-11,21H2,1-2H3. The van der Waals surface area contributed by atoms with Crippen molar-refractivity contribution in [2.75, 3.05) is 0 Å². The van der Waals surface area contributed by atoms with Gasteiger partial charge in [-0.25, -0.2) is 0 Å². The Balaban J connectivity index is 1.52. The summed E-state index contributed by atoms with van der Waals surface area (Å²) < 4.78 is 0. The van der Waals surface area contributed by atoms with Gasteiger partial charge in [-0.2, -0.15) is 0 Å². The molecule has 1 aromatic rings. The molecular formula is C20H29N. The number of nitrogens with two attached hydrogens (primary N) is 1. The van der Waals surface area contributed by atoms with E-state index in [1.165, 1.54) is 48.8 Å². The number of rotatable bonds is 3. The molecular weight excluding hydrogens is 254 g/mol. The minimum Gasteiger partial charge on any atom is -0.327 e. The molecule has 4 fully saturated rings. The lowest BCUT2D eigenvalue weighted by atomic mass is 9.50. The summed E-state index contributed by atoms with van der Waals surface area (Å²) in [4.78, 5) is 0. The quantitative estimate of drug-likeness (QED) is 0.882. The normalized spacial score (nSPS) is 38.7. The van der Waals surface area contributed by atoms with E-state index in [1.807, 2.05) is 0 Å². The van der Waals surface area contributed by atoms with Crippen molar-refractivity contribution in [3.05, 3.63) is 34.9 Å². The van der Waals surface area contributed by atoms with Crippen LogP contribution in [0.5, 0.6) is 0 Å². The van der Waals surface area contributed by atoms with Gasteiger partial charge in [0.25, 0.3) is 0 Å². The van der Waals surface area contributed by atoms with Crippen molar-refractivity contribution < 1.29 is 0 Å². The van der Waals surface area contributed by atoms with Crippen LogP contribution in [0.15, 0.2) is 18.2 Å². The first-order valence-electron chi connectivity index (χ1n) is 8.92. The summed E-state index contributed by atoms with van der Waals surface area (Å²) in [5, 5.41) is 0. The molecule has 4 saturated carbocycles. The molecule has 1 heteroatoms. The largest absolute Gasteiger partial charge is 0.327 e. The lowest BCUT2D eigenvalue weighted by Crippen LogP contribution is -2.52. The highest BCUT2D eigenvalue weighted by atomic mass is 14.7.